The van der Waals surface area contributed by atoms with E-state index in [0.29, 0.717) is 22.3 Å². The number of imidazole rings is 1. The molecule has 6 rings (SSSR count). The van der Waals surface area contributed by atoms with Crippen LogP contribution in [-0.2, 0) is 30.0 Å². The second-order valence-electron chi connectivity index (χ2n) is 10.3. The molecule has 0 saturated carbocycles. The maximum atomic E-state index is 14.2. The highest BCUT2D eigenvalue weighted by Crippen LogP contribution is 2.47. The van der Waals surface area contributed by atoms with Crippen LogP contribution in [0.4, 0.5) is 5.82 Å². The van der Waals surface area contributed by atoms with Gasteiger partial charge in [0, 0.05) is 11.8 Å². The molecule has 1 aliphatic heterocycles. The van der Waals surface area contributed by atoms with E-state index in [9.17, 15) is 14.5 Å². The van der Waals surface area contributed by atoms with E-state index in [1.807, 2.05) is 60.7 Å². The Morgan fingerprint density at radius 2 is 1.89 bits per heavy atom. The topological polar surface area (TPSA) is 173 Å². The van der Waals surface area contributed by atoms with E-state index in [0.717, 1.165) is 10.9 Å². The molecule has 3 heterocycles. The molecule has 0 radical (unpaired) electrons. The molecule has 44 heavy (non-hydrogen) atoms. The van der Waals surface area contributed by atoms with Crippen LogP contribution in [0.3, 0.4) is 0 Å². The molecule has 14 heteroatoms. The van der Waals surface area contributed by atoms with Gasteiger partial charge in [-0.1, -0.05) is 66.7 Å². The quantitative estimate of drug-likeness (QED) is 0.143. The molecular formula is C30H31N6O7P. The second-order valence-corrected chi connectivity index (χ2v) is 12.0. The van der Waals surface area contributed by atoms with E-state index < -0.39 is 38.2 Å². The number of carbonyl (C=O) groups excluding carboxylic acids is 1. The number of anilines is 1. The standard InChI is InChI=1S/C30H31N6O7P/c1-19(30(38)40-15-20-8-3-2-4-9-20)35-44(39,43-25-13-7-11-21-10-5-6-12-23(21)25)41-16-22-14-24(37)29(42-22)36-18-34-26-27(31)32-17-33-28(26)36/h2-13,17-19,22,24,29,37H,14-16H2,1H3,(H,35,39)(H2,31,32,33)/t19-,22-,24?,29+,44?/m0/s1. The highest BCUT2D eigenvalue weighted by atomic mass is 31.2. The minimum absolute atomic E-state index is 0.0513. The zero-order valence-electron chi connectivity index (χ0n) is 23.7. The van der Waals surface area contributed by atoms with Gasteiger partial charge in [-0.05, 0) is 23.9 Å². The molecule has 0 aliphatic carbocycles. The number of esters is 1. The molecule has 228 valence electrons. The first-order chi connectivity index (χ1) is 21.3. The number of aliphatic hydroxyl groups excluding tert-OH is 1. The summed E-state index contributed by atoms with van der Waals surface area (Å²) in [5.41, 5.74) is 7.49. The fourth-order valence-corrected chi connectivity index (χ4v) is 6.50. The molecular weight excluding hydrogens is 587 g/mol. The van der Waals surface area contributed by atoms with Gasteiger partial charge in [0.15, 0.2) is 17.7 Å². The Hall–Kier alpha value is -4.39. The lowest BCUT2D eigenvalue weighted by Crippen LogP contribution is -2.35. The third-order valence-corrected chi connectivity index (χ3v) is 8.78. The number of fused-ring (bicyclic) bond motifs is 2. The van der Waals surface area contributed by atoms with Gasteiger partial charge in [0.25, 0.3) is 0 Å². The molecule has 0 bridgehead atoms. The lowest BCUT2D eigenvalue weighted by Gasteiger charge is -2.24. The number of nitrogen functional groups attached to an aromatic ring is 1. The van der Waals surface area contributed by atoms with Crippen molar-refractivity contribution in [3.63, 3.8) is 0 Å². The number of nitrogens with zero attached hydrogens (tertiary/aromatic N) is 4. The fourth-order valence-electron chi connectivity index (χ4n) is 4.96. The first-order valence-corrected chi connectivity index (χ1v) is 15.5. The first kappa shape index (κ1) is 29.7. The maximum absolute atomic E-state index is 14.2. The van der Waals surface area contributed by atoms with Crippen molar-refractivity contribution in [3.05, 3.63) is 91.0 Å². The average molecular weight is 619 g/mol. The molecule has 0 amide bonds. The van der Waals surface area contributed by atoms with Gasteiger partial charge >= 0.3 is 13.7 Å². The Labute approximate surface area is 252 Å². The Morgan fingerprint density at radius 1 is 1.11 bits per heavy atom. The molecule has 0 spiro atoms. The zero-order chi connectivity index (χ0) is 30.7. The predicted molar refractivity (Wildman–Crippen MR) is 161 cm³/mol. The summed E-state index contributed by atoms with van der Waals surface area (Å²) in [4.78, 5) is 25.3. The second kappa shape index (κ2) is 12.7. The third kappa shape index (κ3) is 6.42. The summed E-state index contributed by atoms with van der Waals surface area (Å²) in [6, 6.07) is 21.0. The predicted octanol–water partition coefficient (Wildman–Crippen LogP) is 4.14. The van der Waals surface area contributed by atoms with E-state index in [1.54, 1.807) is 16.7 Å². The van der Waals surface area contributed by atoms with Gasteiger partial charge < -0.3 is 24.8 Å². The number of rotatable bonds is 11. The number of benzene rings is 3. The van der Waals surface area contributed by atoms with E-state index in [1.165, 1.54) is 19.6 Å². The van der Waals surface area contributed by atoms with E-state index in [-0.39, 0.29) is 25.5 Å². The minimum Gasteiger partial charge on any atom is -0.460 e. The van der Waals surface area contributed by atoms with Crippen molar-refractivity contribution in [2.75, 3.05) is 12.3 Å². The van der Waals surface area contributed by atoms with Crippen molar-refractivity contribution in [2.24, 2.45) is 0 Å². The normalized spacial score (nSPS) is 20.4. The highest BCUT2D eigenvalue weighted by molar-refractivity contribution is 7.52. The van der Waals surface area contributed by atoms with E-state index >= 15 is 0 Å². The maximum Gasteiger partial charge on any atom is 0.459 e. The SMILES string of the molecule is C[C@H](NP(=O)(OC[C@@H]1CC(O)[C@H](n2cnc3c(N)ncnc32)O1)Oc1cccc2ccccc12)C(=O)OCc1ccccc1. The van der Waals surface area contributed by atoms with Gasteiger partial charge in [0.05, 0.1) is 19.0 Å². The van der Waals surface area contributed by atoms with Crippen LogP contribution >= 0.6 is 7.75 Å². The van der Waals surface area contributed by atoms with Gasteiger partial charge in [-0.3, -0.25) is 13.9 Å². The Kier molecular flexibility index (Phi) is 8.56. The lowest BCUT2D eigenvalue weighted by molar-refractivity contribution is -0.146. The zero-order valence-corrected chi connectivity index (χ0v) is 24.6. The summed E-state index contributed by atoms with van der Waals surface area (Å²) < 4.78 is 39.2. The van der Waals surface area contributed by atoms with Crippen LogP contribution in [0.1, 0.15) is 25.1 Å². The molecule has 5 atom stereocenters. The number of nitrogens with one attached hydrogen (secondary N) is 1. The number of aliphatic hydroxyl groups is 1. The van der Waals surface area contributed by atoms with Crippen LogP contribution in [0.2, 0.25) is 0 Å². The number of carbonyl (C=O) groups is 1. The monoisotopic (exact) mass is 618 g/mol. The Balaban J connectivity index is 1.18. The molecule has 1 aliphatic rings. The summed E-state index contributed by atoms with van der Waals surface area (Å²) in [7, 11) is -4.22. The smallest absolute Gasteiger partial charge is 0.459 e. The number of hydrogen-bond donors (Lipinski definition) is 3. The molecule has 1 fully saturated rings. The van der Waals surface area contributed by atoms with Crippen LogP contribution in [0, 0.1) is 0 Å². The number of aromatic nitrogens is 4. The van der Waals surface area contributed by atoms with Gasteiger partial charge in [0.2, 0.25) is 0 Å². The number of nitrogens with two attached hydrogens (primary N) is 1. The van der Waals surface area contributed by atoms with Crippen LogP contribution in [0.25, 0.3) is 21.9 Å². The van der Waals surface area contributed by atoms with E-state index in [4.69, 9.17) is 24.3 Å². The van der Waals surface area contributed by atoms with Crippen molar-refractivity contribution >= 4 is 41.5 Å². The summed E-state index contributed by atoms with van der Waals surface area (Å²) in [5, 5.41) is 15.1. The molecule has 13 nitrogen and oxygen atoms in total. The van der Waals surface area contributed by atoms with Gasteiger partial charge in [-0.15, -0.1) is 0 Å². The van der Waals surface area contributed by atoms with Gasteiger partial charge in [-0.25, -0.2) is 19.5 Å². The average Bonchev–Trinajstić information content (AvgIpc) is 3.63. The highest BCUT2D eigenvalue weighted by Gasteiger charge is 2.39. The molecule has 3 aromatic carbocycles. The number of hydrogen-bond acceptors (Lipinski definition) is 11. The minimum atomic E-state index is -4.22. The van der Waals surface area contributed by atoms with Crippen LogP contribution in [0.5, 0.6) is 5.75 Å². The lowest BCUT2D eigenvalue weighted by atomic mass is 10.1. The molecule has 2 aromatic heterocycles. The number of ether oxygens (including phenoxy) is 2. The van der Waals surface area contributed by atoms with Crippen molar-refractivity contribution in [1.29, 1.82) is 0 Å². The van der Waals surface area contributed by atoms with Crippen molar-refractivity contribution in [2.45, 2.75) is 44.4 Å². The van der Waals surface area contributed by atoms with Crippen LogP contribution in [-0.4, -0.2) is 55.5 Å². The Bertz CT molecular complexity index is 1810. The molecule has 1 saturated heterocycles. The van der Waals surface area contributed by atoms with Crippen molar-refractivity contribution < 1.29 is 33.0 Å². The van der Waals surface area contributed by atoms with Crippen LogP contribution < -0.4 is 15.3 Å². The largest absolute Gasteiger partial charge is 0.460 e. The third-order valence-electron chi connectivity index (χ3n) is 7.15. The van der Waals surface area contributed by atoms with Crippen molar-refractivity contribution in [1.82, 2.24) is 24.6 Å². The summed E-state index contributed by atoms with van der Waals surface area (Å²) in [6.07, 6.45) is 0.449. The first-order valence-electron chi connectivity index (χ1n) is 14.0. The van der Waals surface area contributed by atoms with Gasteiger partial charge in [-0.2, -0.15) is 5.09 Å². The summed E-state index contributed by atoms with van der Waals surface area (Å²) in [5.74, 6) is -0.133. The fraction of sp³-hybridized carbons (Fsp3) is 0.267. The van der Waals surface area contributed by atoms with Gasteiger partial charge in [0.1, 0.15) is 36.3 Å². The summed E-state index contributed by atoms with van der Waals surface area (Å²) >= 11 is 0. The Morgan fingerprint density at radius 3 is 2.73 bits per heavy atom. The van der Waals surface area contributed by atoms with Crippen LogP contribution in [0.15, 0.2) is 85.5 Å². The molecule has 5 aromatic rings. The molecule has 2 unspecified atom stereocenters. The molecule has 4 N–H and O–H groups in total. The van der Waals surface area contributed by atoms with E-state index in [2.05, 4.69) is 20.0 Å². The summed E-state index contributed by atoms with van der Waals surface area (Å²) in [6.45, 7) is 1.34. The van der Waals surface area contributed by atoms with Crippen molar-refractivity contribution in [3.8, 4) is 5.75 Å².